The number of benzene rings is 1. The normalized spacial score (nSPS) is 10.4. The molecule has 2 N–H and O–H groups in total. The predicted octanol–water partition coefficient (Wildman–Crippen LogP) is 2.52. The number of hydrogen-bond acceptors (Lipinski definition) is 4. The van der Waals surface area contributed by atoms with Gasteiger partial charge in [0.1, 0.15) is 11.5 Å². The maximum Gasteiger partial charge on any atom is 0.134 e. The molecular formula is C15H18N2O2. The Bertz CT molecular complexity index is 512. The first-order valence-corrected chi connectivity index (χ1v) is 6.22. The highest BCUT2D eigenvalue weighted by Crippen LogP contribution is 2.24. The van der Waals surface area contributed by atoms with Crippen molar-refractivity contribution in [3.8, 4) is 11.5 Å². The van der Waals surface area contributed by atoms with Crippen molar-refractivity contribution in [2.45, 2.75) is 13.0 Å². The number of rotatable bonds is 6. The van der Waals surface area contributed by atoms with Gasteiger partial charge in [0.15, 0.2) is 0 Å². The van der Waals surface area contributed by atoms with E-state index in [2.05, 4.69) is 4.98 Å². The van der Waals surface area contributed by atoms with Crippen LogP contribution in [0.2, 0.25) is 0 Å². The van der Waals surface area contributed by atoms with Crippen LogP contribution in [0.4, 0.5) is 0 Å². The summed E-state index contributed by atoms with van der Waals surface area (Å²) in [6.45, 7) is 1.14. The fourth-order valence-corrected chi connectivity index (χ4v) is 1.74. The van der Waals surface area contributed by atoms with Gasteiger partial charge in [0.25, 0.3) is 0 Å². The molecule has 2 rings (SSSR count). The average molecular weight is 258 g/mol. The van der Waals surface area contributed by atoms with Gasteiger partial charge in [-0.1, -0.05) is 12.1 Å². The van der Waals surface area contributed by atoms with Gasteiger partial charge in [-0.25, -0.2) is 0 Å². The van der Waals surface area contributed by atoms with E-state index in [0.29, 0.717) is 6.54 Å². The van der Waals surface area contributed by atoms with E-state index in [-0.39, 0.29) is 0 Å². The van der Waals surface area contributed by atoms with E-state index >= 15 is 0 Å². The van der Waals surface area contributed by atoms with Crippen molar-refractivity contribution < 1.29 is 9.47 Å². The summed E-state index contributed by atoms with van der Waals surface area (Å²) in [6, 6.07) is 9.80. The molecule has 0 aliphatic heterocycles. The lowest BCUT2D eigenvalue weighted by Gasteiger charge is -2.09. The summed E-state index contributed by atoms with van der Waals surface area (Å²) in [7, 11) is 1.70. The van der Waals surface area contributed by atoms with Crippen molar-refractivity contribution in [3.63, 3.8) is 0 Å². The number of nitrogens with two attached hydrogens (primary N) is 1. The molecule has 0 saturated carbocycles. The highest BCUT2D eigenvalue weighted by Gasteiger charge is 2.03. The van der Waals surface area contributed by atoms with Crippen molar-refractivity contribution >= 4 is 0 Å². The third kappa shape index (κ3) is 3.77. The molecular weight excluding hydrogens is 240 g/mol. The Kier molecular flexibility index (Phi) is 4.89. The Morgan fingerprint density at radius 2 is 1.95 bits per heavy atom. The zero-order chi connectivity index (χ0) is 13.5. The Labute approximate surface area is 113 Å². The van der Waals surface area contributed by atoms with Crippen molar-refractivity contribution in [1.82, 2.24) is 4.98 Å². The van der Waals surface area contributed by atoms with E-state index in [1.54, 1.807) is 19.5 Å². The smallest absolute Gasteiger partial charge is 0.134 e. The number of aromatic nitrogens is 1. The van der Waals surface area contributed by atoms with Crippen LogP contribution in [0.1, 0.15) is 11.1 Å². The maximum absolute atomic E-state index is 5.81. The quantitative estimate of drug-likeness (QED) is 0.865. The van der Waals surface area contributed by atoms with Crippen molar-refractivity contribution in [2.24, 2.45) is 5.73 Å². The molecule has 0 aliphatic carbocycles. The van der Waals surface area contributed by atoms with E-state index in [0.717, 1.165) is 30.1 Å². The second-order valence-electron chi connectivity index (χ2n) is 4.18. The molecule has 1 heterocycles. The number of nitrogens with zero attached hydrogens (tertiary/aromatic N) is 1. The fourth-order valence-electron chi connectivity index (χ4n) is 1.74. The average Bonchev–Trinajstić information content (AvgIpc) is 2.47. The molecule has 0 spiro atoms. The molecule has 19 heavy (non-hydrogen) atoms. The standard InChI is InChI=1S/C15H18N2O2/c1-18-9-7-12-2-4-14(5-3-12)19-15-6-8-17-11-13(15)10-16/h2-6,8,11H,7,9-10,16H2,1H3. The highest BCUT2D eigenvalue weighted by atomic mass is 16.5. The number of methoxy groups -OCH3 is 1. The number of ether oxygens (including phenoxy) is 2. The van der Waals surface area contributed by atoms with Crippen molar-refractivity contribution in [2.75, 3.05) is 13.7 Å². The molecule has 1 aromatic heterocycles. The molecule has 0 fully saturated rings. The zero-order valence-electron chi connectivity index (χ0n) is 11.0. The Morgan fingerprint density at radius 1 is 1.16 bits per heavy atom. The first kappa shape index (κ1) is 13.5. The van der Waals surface area contributed by atoms with Gasteiger partial charge in [-0.2, -0.15) is 0 Å². The van der Waals surface area contributed by atoms with Gasteiger partial charge in [0.2, 0.25) is 0 Å². The summed E-state index contributed by atoms with van der Waals surface area (Å²) in [5.41, 5.74) is 7.77. The minimum absolute atomic E-state index is 0.412. The topological polar surface area (TPSA) is 57.4 Å². The van der Waals surface area contributed by atoms with E-state index < -0.39 is 0 Å². The third-order valence-corrected chi connectivity index (χ3v) is 2.82. The largest absolute Gasteiger partial charge is 0.457 e. The molecule has 0 radical (unpaired) electrons. The summed E-state index contributed by atoms with van der Waals surface area (Å²) in [5, 5.41) is 0. The van der Waals surface area contributed by atoms with Crippen LogP contribution in [0.15, 0.2) is 42.7 Å². The maximum atomic E-state index is 5.81. The SMILES string of the molecule is COCCc1ccc(Oc2ccncc2CN)cc1. The lowest BCUT2D eigenvalue weighted by atomic mass is 10.1. The summed E-state index contributed by atoms with van der Waals surface area (Å²) in [5.74, 6) is 1.55. The molecule has 0 unspecified atom stereocenters. The Hall–Kier alpha value is -1.91. The first-order valence-electron chi connectivity index (χ1n) is 6.22. The van der Waals surface area contributed by atoms with Crippen LogP contribution in [-0.4, -0.2) is 18.7 Å². The van der Waals surface area contributed by atoms with Crippen LogP contribution in [0, 0.1) is 0 Å². The second kappa shape index (κ2) is 6.87. The zero-order valence-corrected chi connectivity index (χ0v) is 11.0. The Balaban J connectivity index is 2.06. The minimum atomic E-state index is 0.412. The number of hydrogen-bond donors (Lipinski definition) is 1. The summed E-state index contributed by atoms with van der Waals surface area (Å²) >= 11 is 0. The highest BCUT2D eigenvalue weighted by molar-refractivity contribution is 5.36. The minimum Gasteiger partial charge on any atom is -0.457 e. The van der Waals surface area contributed by atoms with Gasteiger partial charge in [-0.3, -0.25) is 4.98 Å². The molecule has 2 aromatic rings. The lowest BCUT2D eigenvalue weighted by molar-refractivity contribution is 0.202. The summed E-state index contributed by atoms with van der Waals surface area (Å²) in [6.07, 6.45) is 4.32. The van der Waals surface area contributed by atoms with E-state index in [1.165, 1.54) is 5.56 Å². The van der Waals surface area contributed by atoms with Crippen LogP contribution in [0.3, 0.4) is 0 Å². The van der Waals surface area contributed by atoms with E-state index in [4.69, 9.17) is 15.2 Å². The van der Waals surface area contributed by atoms with Crippen molar-refractivity contribution in [1.29, 1.82) is 0 Å². The van der Waals surface area contributed by atoms with Gasteiger partial charge >= 0.3 is 0 Å². The molecule has 100 valence electrons. The van der Waals surface area contributed by atoms with Gasteiger partial charge in [-0.05, 0) is 30.2 Å². The molecule has 0 amide bonds. The van der Waals surface area contributed by atoms with E-state index in [1.807, 2.05) is 30.3 Å². The van der Waals surface area contributed by atoms with Crippen LogP contribution >= 0.6 is 0 Å². The van der Waals surface area contributed by atoms with Crippen LogP contribution in [-0.2, 0) is 17.7 Å². The third-order valence-electron chi connectivity index (χ3n) is 2.82. The van der Waals surface area contributed by atoms with Crippen LogP contribution in [0.25, 0.3) is 0 Å². The van der Waals surface area contributed by atoms with Crippen LogP contribution < -0.4 is 10.5 Å². The fraction of sp³-hybridized carbons (Fsp3) is 0.267. The first-order chi connectivity index (χ1) is 9.33. The molecule has 1 aromatic carbocycles. The monoisotopic (exact) mass is 258 g/mol. The van der Waals surface area contributed by atoms with Gasteiger partial charge in [-0.15, -0.1) is 0 Å². The summed E-state index contributed by atoms with van der Waals surface area (Å²) in [4.78, 5) is 4.03. The molecule has 0 atom stereocenters. The molecule has 0 aliphatic rings. The second-order valence-corrected chi connectivity index (χ2v) is 4.18. The Morgan fingerprint density at radius 3 is 2.63 bits per heavy atom. The molecule has 0 bridgehead atoms. The van der Waals surface area contributed by atoms with Gasteiger partial charge in [0, 0.05) is 31.6 Å². The lowest BCUT2D eigenvalue weighted by Crippen LogP contribution is -2.00. The van der Waals surface area contributed by atoms with Crippen molar-refractivity contribution in [3.05, 3.63) is 53.9 Å². The van der Waals surface area contributed by atoms with Gasteiger partial charge < -0.3 is 15.2 Å². The molecule has 4 heteroatoms. The molecule has 0 saturated heterocycles. The van der Waals surface area contributed by atoms with Crippen LogP contribution in [0.5, 0.6) is 11.5 Å². The van der Waals surface area contributed by atoms with Gasteiger partial charge in [0.05, 0.1) is 6.61 Å². The predicted molar refractivity (Wildman–Crippen MR) is 74.2 cm³/mol. The van der Waals surface area contributed by atoms with E-state index in [9.17, 15) is 0 Å². The molecule has 4 nitrogen and oxygen atoms in total. The summed E-state index contributed by atoms with van der Waals surface area (Å²) < 4.78 is 10.9. The number of pyridine rings is 1.